The van der Waals surface area contributed by atoms with E-state index < -0.39 is 6.67 Å². The number of nitriles is 1. The van der Waals surface area contributed by atoms with E-state index in [0.29, 0.717) is 30.3 Å². The first-order chi connectivity index (χ1) is 10.2. The summed E-state index contributed by atoms with van der Waals surface area (Å²) >= 11 is 0. The van der Waals surface area contributed by atoms with E-state index in [1.165, 1.54) is 0 Å². The van der Waals surface area contributed by atoms with E-state index in [1.54, 1.807) is 0 Å². The molecule has 0 radical (unpaired) electrons. The van der Waals surface area contributed by atoms with Gasteiger partial charge in [-0.1, -0.05) is 0 Å². The number of fused-ring (bicyclic) bond motifs is 1. The molecule has 112 valence electrons. The molecule has 3 rings (SSSR count). The number of piperidine rings is 1. The van der Waals surface area contributed by atoms with Gasteiger partial charge in [-0.05, 0) is 56.9 Å². The number of rotatable bonds is 3. The highest BCUT2D eigenvalue weighted by Crippen LogP contribution is 2.33. The molecule has 5 heteroatoms. The number of nitrogens with zero attached hydrogens (tertiary/aromatic N) is 3. The molecule has 0 spiro atoms. The normalized spacial score (nSPS) is 22.8. The van der Waals surface area contributed by atoms with Crippen molar-refractivity contribution in [1.82, 2.24) is 9.88 Å². The SMILES string of the molecule is CN1CCC(Nc2ncc3c(c2CF)CC(C#N)C3)CC1. The number of alkyl halides is 1. The average Bonchev–Trinajstić information content (AvgIpc) is 2.92. The Bertz CT molecular complexity index is 558. The molecule has 0 saturated carbocycles. The van der Waals surface area contributed by atoms with Gasteiger partial charge in [0.05, 0.1) is 12.0 Å². The second-order valence-corrected chi connectivity index (χ2v) is 6.18. The fraction of sp³-hybridized carbons (Fsp3) is 0.625. The lowest BCUT2D eigenvalue weighted by Gasteiger charge is -2.30. The number of hydrogen-bond donors (Lipinski definition) is 1. The summed E-state index contributed by atoms with van der Waals surface area (Å²) in [5.41, 5.74) is 2.72. The highest BCUT2D eigenvalue weighted by atomic mass is 19.1. The molecular formula is C16H21FN4. The minimum atomic E-state index is -0.511. The van der Waals surface area contributed by atoms with Crippen LogP contribution in [0.5, 0.6) is 0 Å². The highest BCUT2D eigenvalue weighted by molar-refractivity contribution is 5.53. The molecule has 1 N–H and O–H groups in total. The minimum Gasteiger partial charge on any atom is -0.367 e. The summed E-state index contributed by atoms with van der Waals surface area (Å²) in [7, 11) is 2.12. The lowest BCUT2D eigenvalue weighted by atomic mass is 10.0. The molecule has 1 fully saturated rings. The molecule has 0 amide bonds. The second-order valence-electron chi connectivity index (χ2n) is 6.18. The van der Waals surface area contributed by atoms with Crippen molar-refractivity contribution in [1.29, 1.82) is 5.26 Å². The Morgan fingerprint density at radius 1 is 1.43 bits per heavy atom. The van der Waals surface area contributed by atoms with Gasteiger partial charge in [0.2, 0.25) is 0 Å². The summed E-state index contributed by atoms with van der Waals surface area (Å²) in [6, 6.07) is 2.66. The summed E-state index contributed by atoms with van der Waals surface area (Å²) in [4.78, 5) is 6.74. The van der Waals surface area contributed by atoms with Crippen molar-refractivity contribution in [3.63, 3.8) is 0 Å². The second kappa shape index (κ2) is 5.98. The van der Waals surface area contributed by atoms with Crippen molar-refractivity contribution in [3.05, 3.63) is 22.9 Å². The Morgan fingerprint density at radius 2 is 2.19 bits per heavy atom. The van der Waals surface area contributed by atoms with Crippen LogP contribution in [0.25, 0.3) is 0 Å². The summed E-state index contributed by atoms with van der Waals surface area (Å²) in [5.74, 6) is 0.662. The Morgan fingerprint density at radius 3 is 2.86 bits per heavy atom. The molecule has 1 aromatic heterocycles. The maximum absolute atomic E-state index is 13.5. The van der Waals surface area contributed by atoms with Crippen LogP contribution in [0.4, 0.5) is 10.2 Å². The first-order valence-corrected chi connectivity index (χ1v) is 7.61. The van der Waals surface area contributed by atoms with Crippen LogP contribution < -0.4 is 5.32 Å². The molecule has 1 atom stereocenters. The molecular weight excluding hydrogens is 267 g/mol. The smallest absolute Gasteiger partial charge is 0.132 e. The summed E-state index contributed by atoms with van der Waals surface area (Å²) in [6.45, 7) is 1.61. The molecule has 2 aliphatic rings. The van der Waals surface area contributed by atoms with E-state index in [0.717, 1.165) is 37.1 Å². The first-order valence-electron chi connectivity index (χ1n) is 7.61. The van der Waals surface area contributed by atoms with Crippen LogP contribution >= 0.6 is 0 Å². The first kappa shape index (κ1) is 14.3. The van der Waals surface area contributed by atoms with Crippen LogP contribution in [0.2, 0.25) is 0 Å². The molecule has 1 aliphatic heterocycles. The molecule has 2 heterocycles. The molecule has 21 heavy (non-hydrogen) atoms. The van der Waals surface area contributed by atoms with Gasteiger partial charge in [0.15, 0.2) is 0 Å². The Kier molecular flexibility index (Phi) is 4.07. The van der Waals surface area contributed by atoms with E-state index in [2.05, 4.69) is 28.3 Å². The lowest BCUT2D eigenvalue weighted by molar-refractivity contribution is 0.263. The molecule has 1 unspecified atom stereocenters. The monoisotopic (exact) mass is 288 g/mol. The third-order valence-electron chi connectivity index (χ3n) is 4.68. The fourth-order valence-electron chi connectivity index (χ4n) is 3.36. The van der Waals surface area contributed by atoms with Crippen LogP contribution in [0.3, 0.4) is 0 Å². The Labute approximate surface area is 125 Å². The summed E-state index contributed by atoms with van der Waals surface area (Å²) in [5, 5.41) is 12.5. The van der Waals surface area contributed by atoms with Crippen molar-refractivity contribution >= 4 is 5.82 Å². The van der Waals surface area contributed by atoms with Crippen LogP contribution in [0.1, 0.15) is 29.5 Å². The Hall–Kier alpha value is -1.67. The van der Waals surface area contributed by atoms with E-state index >= 15 is 0 Å². The minimum absolute atomic E-state index is 0.0225. The van der Waals surface area contributed by atoms with Gasteiger partial charge >= 0.3 is 0 Å². The largest absolute Gasteiger partial charge is 0.367 e. The zero-order valence-corrected chi connectivity index (χ0v) is 12.4. The number of hydrogen-bond acceptors (Lipinski definition) is 4. The van der Waals surface area contributed by atoms with Gasteiger partial charge in [0.1, 0.15) is 12.5 Å². The van der Waals surface area contributed by atoms with E-state index in [4.69, 9.17) is 5.26 Å². The zero-order valence-electron chi connectivity index (χ0n) is 12.4. The predicted octanol–water partition coefficient (Wildman–Crippen LogP) is 2.30. The maximum atomic E-state index is 13.5. The number of likely N-dealkylation sites (tertiary alicyclic amines) is 1. The zero-order chi connectivity index (χ0) is 14.8. The predicted molar refractivity (Wildman–Crippen MR) is 79.7 cm³/mol. The van der Waals surface area contributed by atoms with E-state index in [-0.39, 0.29) is 5.92 Å². The van der Waals surface area contributed by atoms with Crippen molar-refractivity contribution in [2.75, 3.05) is 25.5 Å². The van der Waals surface area contributed by atoms with Crippen molar-refractivity contribution in [2.24, 2.45) is 5.92 Å². The van der Waals surface area contributed by atoms with Gasteiger partial charge in [-0.2, -0.15) is 5.26 Å². The van der Waals surface area contributed by atoms with Gasteiger partial charge in [-0.15, -0.1) is 0 Å². The van der Waals surface area contributed by atoms with Crippen molar-refractivity contribution in [2.45, 2.75) is 38.4 Å². The van der Waals surface area contributed by atoms with E-state index in [9.17, 15) is 4.39 Å². The number of aromatic nitrogens is 1. The number of pyridine rings is 1. The summed E-state index contributed by atoms with van der Waals surface area (Å²) in [6.07, 6.45) is 5.31. The Balaban J connectivity index is 1.79. The molecule has 1 aromatic rings. The quantitative estimate of drug-likeness (QED) is 0.927. The average molecular weight is 288 g/mol. The van der Waals surface area contributed by atoms with Crippen molar-refractivity contribution < 1.29 is 4.39 Å². The molecule has 1 aliphatic carbocycles. The fourth-order valence-corrected chi connectivity index (χ4v) is 3.36. The van der Waals surface area contributed by atoms with Gasteiger partial charge < -0.3 is 10.2 Å². The molecule has 4 nitrogen and oxygen atoms in total. The van der Waals surface area contributed by atoms with Crippen molar-refractivity contribution in [3.8, 4) is 6.07 Å². The highest BCUT2D eigenvalue weighted by Gasteiger charge is 2.27. The van der Waals surface area contributed by atoms with Crippen LogP contribution in [0, 0.1) is 17.2 Å². The standard InChI is InChI=1S/C16H21FN4/c1-21-4-2-13(3-5-21)20-16-15(8-17)14-7-11(9-18)6-12(14)10-19-16/h10-11,13H,2-8H2,1H3,(H,19,20). The number of halogens is 1. The summed E-state index contributed by atoms with van der Waals surface area (Å²) < 4.78 is 13.5. The topological polar surface area (TPSA) is 52.0 Å². The van der Waals surface area contributed by atoms with Gasteiger partial charge in [-0.25, -0.2) is 9.37 Å². The number of nitrogens with one attached hydrogen (secondary N) is 1. The van der Waals surface area contributed by atoms with Gasteiger partial charge in [0.25, 0.3) is 0 Å². The van der Waals surface area contributed by atoms with Gasteiger partial charge in [-0.3, -0.25) is 0 Å². The van der Waals surface area contributed by atoms with E-state index in [1.807, 2.05) is 6.20 Å². The number of anilines is 1. The molecule has 0 aromatic carbocycles. The third kappa shape index (κ3) is 2.86. The maximum Gasteiger partial charge on any atom is 0.132 e. The lowest BCUT2D eigenvalue weighted by Crippen LogP contribution is -2.37. The van der Waals surface area contributed by atoms with Gasteiger partial charge in [0, 0.05) is 17.8 Å². The van der Waals surface area contributed by atoms with Crippen LogP contribution in [-0.2, 0) is 19.5 Å². The third-order valence-corrected chi connectivity index (χ3v) is 4.68. The molecule has 0 bridgehead atoms. The van der Waals surface area contributed by atoms with Crippen LogP contribution in [0.15, 0.2) is 6.20 Å². The van der Waals surface area contributed by atoms with Crippen LogP contribution in [-0.4, -0.2) is 36.1 Å². The molecule has 1 saturated heterocycles.